The molecule has 1 unspecified atom stereocenters. The molecule has 0 fully saturated rings. The predicted octanol–water partition coefficient (Wildman–Crippen LogP) is 3.48. The summed E-state index contributed by atoms with van der Waals surface area (Å²) in [5, 5.41) is 0. The number of benzene rings is 2. The van der Waals surface area contributed by atoms with Crippen molar-refractivity contribution in [3.05, 3.63) is 78.6 Å². The lowest BCUT2D eigenvalue weighted by Crippen LogP contribution is -2.38. The highest BCUT2D eigenvalue weighted by molar-refractivity contribution is 5.51. The molecular formula is C17H18N2. The lowest BCUT2D eigenvalue weighted by molar-refractivity contribution is 0.356. The van der Waals surface area contributed by atoms with E-state index >= 15 is 0 Å². The van der Waals surface area contributed by atoms with Gasteiger partial charge in [-0.05, 0) is 17.7 Å². The van der Waals surface area contributed by atoms with Crippen molar-refractivity contribution in [2.45, 2.75) is 12.6 Å². The molecule has 1 heterocycles. The van der Waals surface area contributed by atoms with E-state index < -0.39 is 0 Å². The maximum atomic E-state index is 2.33. The van der Waals surface area contributed by atoms with Crippen molar-refractivity contribution >= 4 is 5.69 Å². The Labute approximate surface area is 114 Å². The van der Waals surface area contributed by atoms with Gasteiger partial charge in [0.15, 0.2) is 0 Å². The van der Waals surface area contributed by atoms with E-state index in [-0.39, 0.29) is 0 Å². The molecular weight excluding hydrogens is 232 g/mol. The van der Waals surface area contributed by atoms with Crippen LogP contribution in [0.25, 0.3) is 0 Å². The highest BCUT2D eigenvalue weighted by atomic mass is 15.4. The smallest absolute Gasteiger partial charge is 0.109 e. The van der Waals surface area contributed by atoms with Crippen molar-refractivity contribution < 1.29 is 0 Å². The van der Waals surface area contributed by atoms with Crippen LogP contribution in [0.15, 0.2) is 73.1 Å². The molecule has 2 nitrogen and oxygen atoms in total. The van der Waals surface area contributed by atoms with E-state index in [1.165, 1.54) is 11.3 Å². The van der Waals surface area contributed by atoms with Gasteiger partial charge in [0, 0.05) is 31.6 Å². The average Bonchev–Trinajstić information content (AvgIpc) is 2.82. The van der Waals surface area contributed by atoms with Gasteiger partial charge in [0.1, 0.15) is 6.17 Å². The summed E-state index contributed by atoms with van der Waals surface area (Å²) in [4.78, 5) is 4.59. The molecule has 1 aliphatic heterocycles. The molecule has 1 aliphatic rings. The third-order valence-corrected chi connectivity index (χ3v) is 3.57. The van der Waals surface area contributed by atoms with E-state index in [4.69, 9.17) is 0 Å². The van der Waals surface area contributed by atoms with Crippen molar-refractivity contribution in [3.63, 3.8) is 0 Å². The molecule has 2 heteroatoms. The second kappa shape index (κ2) is 5.19. The molecule has 0 saturated carbocycles. The monoisotopic (exact) mass is 250 g/mol. The Morgan fingerprint density at radius 3 is 2.16 bits per heavy atom. The van der Waals surface area contributed by atoms with E-state index in [1.807, 2.05) is 0 Å². The fourth-order valence-electron chi connectivity index (χ4n) is 2.50. The van der Waals surface area contributed by atoms with Crippen molar-refractivity contribution in [2.75, 3.05) is 11.9 Å². The van der Waals surface area contributed by atoms with Crippen LogP contribution in [0.1, 0.15) is 5.56 Å². The summed E-state index contributed by atoms with van der Waals surface area (Å²) < 4.78 is 0. The minimum absolute atomic E-state index is 0.352. The zero-order chi connectivity index (χ0) is 13.1. The standard InChI is InChI=1S/C17H18N2/c1-18-12-13-19(16-10-6-3-7-11-16)17(18)14-15-8-4-2-5-9-15/h2-13,17H,14H2,1H3. The van der Waals surface area contributed by atoms with Crippen LogP contribution in [0.3, 0.4) is 0 Å². The summed E-state index contributed by atoms with van der Waals surface area (Å²) in [5.41, 5.74) is 2.60. The first kappa shape index (κ1) is 11.8. The van der Waals surface area contributed by atoms with Crippen LogP contribution in [-0.2, 0) is 6.42 Å². The largest absolute Gasteiger partial charge is 0.358 e. The molecule has 19 heavy (non-hydrogen) atoms. The first-order chi connectivity index (χ1) is 9.34. The Balaban J connectivity index is 1.83. The molecule has 0 amide bonds. The molecule has 3 rings (SSSR count). The Hall–Kier alpha value is -2.22. The van der Waals surface area contributed by atoms with Crippen LogP contribution in [0.2, 0.25) is 0 Å². The van der Waals surface area contributed by atoms with E-state index in [0.29, 0.717) is 6.17 Å². The van der Waals surface area contributed by atoms with Crippen LogP contribution in [0.5, 0.6) is 0 Å². The summed E-state index contributed by atoms with van der Waals surface area (Å²) in [6, 6.07) is 21.2. The number of hydrogen-bond donors (Lipinski definition) is 0. The van der Waals surface area contributed by atoms with E-state index in [9.17, 15) is 0 Å². The van der Waals surface area contributed by atoms with E-state index in [2.05, 4.69) is 89.9 Å². The molecule has 2 aromatic rings. The summed E-state index contributed by atoms with van der Waals surface area (Å²) in [6.07, 6.45) is 5.66. The Morgan fingerprint density at radius 2 is 1.47 bits per heavy atom. The molecule has 0 saturated heterocycles. The average molecular weight is 250 g/mol. The summed E-state index contributed by atoms with van der Waals surface area (Å²) in [6.45, 7) is 0. The highest BCUT2D eigenvalue weighted by Crippen LogP contribution is 2.25. The Morgan fingerprint density at radius 1 is 0.842 bits per heavy atom. The van der Waals surface area contributed by atoms with Crippen LogP contribution in [0.4, 0.5) is 5.69 Å². The van der Waals surface area contributed by atoms with Gasteiger partial charge >= 0.3 is 0 Å². The summed E-state index contributed by atoms with van der Waals surface area (Å²) >= 11 is 0. The van der Waals surface area contributed by atoms with Crippen molar-refractivity contribution in [2.24, 2.45) is 0 Å². The molecule has 96 valence electrons. The van der Waals surface area contributed by atoms with Gasteiger partial charge in [-0.15, -0.1) is 0 Å². The van der Waals surface area contributed by atoms with Crippen LogP contribution in [0, 0.1) is 0 Å². The van der Waals surface area contributed by atoms with Gasteiger partial charge in [0.05, 0.1) is 0 Å². The van der Waals surface area contributed by atoms with Gasteiger partial charge in [-0.3, -0.25) is 0 Å². The fourth-order valence-corrected chi connectivity index (χ4v) is 2.50. The van der Waals surface area contributed by atoms with Gasteiger partial charge in [-0.1, -0.05) is 48.5 Å². The van der Waals surface area contributed by atoms with Gasteiger partial charge < -0.3 is 9.80 Å². The summed E-state index contributed by atoms with van der Waals surface area (Å²) in [7, 11) is 2.13. The van der Waals surface area contributed by atoms with Gasteiger partial charge in [0.2, 0.25) is 0 Å². The number of rotatable bonds is 3. The quantitative estimate of drug-likeness (QED) is 0.823. The number of anilines is 1. The third-order valence-electron chi connectivity index (χ3n) is 3.57. The van der Waals surface area contributed by atoms with Gasteiger partial charge in [-0.2, -0.15) is 0 Å². The van der Waals surface area contributed by atoms with Crippen molar-refractivity contribution in [3.8, 4) is 0 Å². The first-order valence-electron chi connectivity index (χ1n) is 6.62. The number of para-hydroxylation sites is 1. The van der Waals surface area contributed by atoms with Crippen LogP contribution < -0.4 is 4.90 Å². The molecule has 0 radical (unpaired) electrons. The minimum atomic E-state index is 0.352. The van der Waals surface area contributed by atoms with Gasteiger partial charge in [-0.25, -0.2) is 0 Å². The Bertz CT molecular complexity index is 548. The van der Waals surface area contributed by atoms with Crippen molar-refractivity contribution in [1.82, 2.24) is 4.90 Å². The molecule has 1 atom stereocenters. The molecule has 0 spiro atoms. The van der Waals surface area contributed by atoms with Gasteiger partial charge in [0.25, 0.3) is 0 Å². The van der Waals surface area contributed by atoms with Crippen LogP contribution >= 0.6 is 0 Å². The maximum absolute atomic E-state index is 2.33. The predicted molar refractivity (Wildman–Crippen MR) is 79.8 cm³/mol. The lowest BCUT2D eigenvalue weighted by Gasteiger charge is -2.30. The Kier molecular flexibility index (Phi) is 3.23. The number of hydrogen-bond acceptors (Lipinski definition) is 2. The first-order valence-corrected chi connectivity index (χ1v) is 6.62. The zero-order valence-corrected chi connectivity index (χ0v) is 11.1. The lowest BCUT2D eigenvalue weighted by atomic mass is 10.1. The topological polar surface area (TPSA) is 6.48 Å². The normalized spacial score (nSPS) is 18.1. The minimum Gasteiger partial charge on any atom is -0.358 e. The van der Waals surface area contributed by atoms with E-state index in [1.54, 1.807) is 0 Å². The molecule has 0 aromatic heterocycles. The second-order valence-electron chi connectivity index (χ2n) is 4.88. The number of nitrogens with zero attached hydrogens (tertiary/aromatic N) is 2. The maximum Gasteiger partial charge on any atom is 0.109 e. The van der Waals surface area contributed by atoms with E-state index in [0.717, 1.165) is 6.42 Å². The molecule has 0 bridgehead atoms. The number of likely N-dealkylation sites (N-methyl/N-ethyl adjacent to an activating group) is 1. The van der Waals surface area contributed by atoms with Crippen molar-refractivity contribution in [1.29, 1.82) is 0 Å². The van der Waals surface area contributed by atoms with Crippen LogP contribution in [-0.4, -0.2) is 18.1 Å². The fraction of sp³-hybridized carbons (Fsp3) is 0.176. The third kappa shape index (κ3) is 2.48. The molecule has 0 N–H and O–H groups in total. The highest BCUT2D eigenvalue weighted by Gasteiger charge is 2.24. The zero-order valence-electron chi connectivity index (χ0n) is 11.1. The SMILES string of the molecule is CN1C=CN(c2ccccc2)C1Cc1ccccc1. The molecule has 2 aromatic carbocycles. The second-order valence-corrected chi connectivity index (χ2v) is 4.88. The summed E-state index contributed by atoms with van der Waals surface area (Å²) in [5.74, 6) is 0. The molecule has 0 aliphatic carbocycles.